The maximum atomic E-state index is 10.8. The van der Waals surface area contributed by atoms with Crippen LogP contribution in [0.5, 0.6) is 0 Å². The molecule has 1 amide bonds. The standard InChI is InChI=1S/C6H12N3O/c7-9-6(10)5-3-1-2-4-8-5/h3,5,8H,1-2,4,7H2,(H,9,10). The van der Waals surface area contributed by atoms with Gasteiger partial charge in [-0.3, -0.25) is 10.2 Å². The Morgan fingerprint density at radius 3 is 3.10 bits per heavy atom. The van der Waals surface area contributed by atoms with Crippen molar-refractivity contribution in [1.29, 1.82) is 0 Å². The first-order chi connectivity index (χ1) is 4.84. The number of amides is 1. The Kier molecular flexibility index (Phi) is 2.65. The minimum absolute atomic E-state index is 0.153. The van der Waals surface area contributed by atoms with Gasteiger partial charge in [-0.15, -0.1) is 0 Å². The number of hydrogen-bond acceptors (Lipinski definition) is 3. The molecule has 0 aromatic carbocycles. The average Bonchev–Trinajstić information content (AvgIpc) is 2.05. The zero-order chi connectivity index (χ0) is 7.40. The van der Waals surface area contributed by atoms with E-state index in [2.05, 4.69) is 10.7 Å². The lowest BCUT2D eigenvalue weighted by atomic mass is 10.1. The van der Waals surface area contributed by atoms with Crippen LogP contribution in [-0.2, 0) is 4.79 Å². The van der Waals surface area contributed by atoms with E-state index in [-0.39, 0.29) is 11.9 Å². The zero-order valence-electron chi connectivity index (χ0n) is 5.76. The van der Waals surface area contributed by atoms with E-state index in [9.17, 15) is 4.79 Å². The Morgan fingerprint density at radius 1 is 1.80 bits per heavy atom. The highest BCUT2D eigenvalue weighted by Gasteiger charge is 2.18. The lowest BCUT2D eigenvalue weighted by Crippen LogP contribution is -2.49. The van der Waals surface area contributed by atoms with Gasteiger partial charge in [-0.25, -0.2) is 5.84 Å². The molecule has 10 heavy (non-hydrogen) atoms. The second kappa shape index (κ2) is 3.53. The van der Waals surface area contributed by atoms with Gasteiger partial charge in [0.15, 0.2) is 0 Å². The smallest absolute Gasteiger partial charge is 0.251 e. The summed E-state index contributed by atoms with van der Waals surface area (Å²) < 4.78 is 0. The summed E-state index contributed by atoms with van der Waals surface area (Å²) in [7, 11) is 0. The van der Waals surface area contributed by atoms with Gasteiger partial charge in [-0.1, -0.05) is 0 Å². The normalized spacial score (nSPS) is 25.9. The predicted molar refractivity (Wildman–Crippen MR) is 37.7 cm³/mol. The lowest BCUT2D eigenvalue weighted by Gasteiger charge is -2.20. The summed E-state index contributed by atoms with van der Waals surface area (Å²) in [5, 5.41) is 3.02. The van der Waals surface area contributed by atoms with E-state index in [1.165, 1.54) is 0 Å². The number of nitrogens with one attached hydrogen (secondary N) is 2. The van der Waals surface area contributed by atoms with Crippen LogP contribution in [-0.4, -0.2) is 18.5 Å². The molecule has 4 heteroatoms. The van der Waals surface area contributed by atoms with Crippen LogP contribution in [0, 0.1) is 6.42 Å². The largest absolute Gasteiger partial charge is 0.306 e. The van der Waals surface area contributed by atoms with E-state index in [1.807, 2.05) is 6.42 Å². The molecule has 4 N–H and O–H groups in total. The Morgan fingerprint density at radius 2 is 2.60 bits per heavy atom. The SMILES string of the molecule is NNC(=O)C1[CH]CCCN1. The minimum atomic E-state index is -0.182. The Hall–Kier alpha value is -0.610. The number of carbonyl (C=O) groups is 1. The van der Waals surface area contributed by atoms with Crippen LogP contribution < -0.4 is 16.6 Å². The van der Waals surface area contributed by atoms with Crippen molar-refractivity contribution in [2.24, 2.45) is 5.84 Å². The average molecular weight is 142 g/mol. The zero-order valence-corrected chi connectivity index (χ0v) is 5.76. The van der Waals surface area contributed by atoms with Crippen LogP contribution in [0.15, 0.2) is 0 Å². The quantitative estimate of drug-likeness (QED) is 0.248. The van der Waals surface area contributed by atoms with Crippen molar-refractivity contribution in [3.05, 3.63) is 6.42 Å². The van der Waals surface area contributed by atoms with E-state index in [4.69, 9.17) is 5.84 Å². The molecule has 0 saturated carbocycles. The highest BCUT2D eigenvalue weighted by Crippen LogP contribution is 2.04. The molecule has 1 heterocycles. The molecule has 57 valence electrons. The van der Waals surface area contributed by atoms with E-state index >= 15 is 0 Å². The minimum Gasteiger partial charge on any atom is -0.306 e. The number of hydrogen-bond donors (Lipinski definition) is 3. The number of nitrogens with two attached hydrogens (primary N) is 1. The molecular weight excluding hydrogens is 130 g/mol. The Labute approximate surface area is 60.1 Å². The summed E-state index contributed by atoms with van der Waals surface area (Å²) in [6.45, 7) is 0.897. The van der Waals surface area contributed by atoms with Crippen molar-refractivity contribution in [3.8, 4) is 0 Å². The van der Waals surface area contributed by atoms with E-state index in [1.54, 1.807) is 0 Å². The third-order valence-electron chi connectivity index (χ3n) is 1.57. The molecule has 0 spiro atoms. The number of carbonyl (C=O) groups excluding carboxylic acids is 1. The summed E-state index contributed by atoms with van der Waals surface area (Å²) >= 11 is 0. The molecule has 4 nitrogen and oxygen atoms in total. The van der Waals surface area contributed by atoms with Crippen molar-refractivity contribution in [3.63, 3.8) is 0 Å². The van der Waals surface area contributed by atoms with Crippen molar-refractivity contribution < 1.29 is 4.79 Å². The predicted octanol–water partition coefficient (Wildman–Crippen LogP) is -1.07. The second-order valence-electron chi connectivity index (χ2n) is 2.32. The van der Waals surface area contributed by atoms with Crippen LogP contribution >= 0.6 is 0 Å². The van der Waals surface area contributed by atoms with Crippen LogP contribution in [0.25, 0.3) is 0 Å². The topological polar surface area (TPSA) is 67.1 Å². The Bertz CT molecular complexity index is 120. The first-order valence-corrected chi connectivity index (χ1v) is 3.42. The van der Waals surface area contributed by atoms with Gasteiger partial charge in [-0.2, -0.15) is 0 Å². The fourth-order valence-corrected chi connectivity index (χ4v) is 1.02. The highest BCUT2D eigenvalue weighted by atomic mass is 16.2. The van der Waals surface area contributed by atoms with Gasteiger partial charge in [0.2, 0.25) is 0 Å². The number of hydrazine groups is 1. The summed E-state index contributed by atoms with van der Waals surface area (Å²) in [6, 6.07) is -0.182. The molecule has 1 atom stereocenters. The third-order valence-corrected chi connectivity index (χ3v) is 1.57. The Balaban J connectivity index is 2.31. The summed E-state index contributed by atoms with van der Waals surface area (Å²) in [4.78, 5) is 10.8. The number of piperidine rings is 1. The first kappa shape index (κ1) is 7.50. The summed E-state index contributed by atoms with van der Waals surface area (Å²) in [6.07, 6.45) is 4.03. The molecule has 0 aromatic heterocycles. The molecule has 1 aliphatic heterocycles. The molecule has 1 rings (SSSR count). The van der Waals surface area contributed by atoms with E-state index in [0.29, 0.717) is 0 Å². The van der Waals surface area contributed by atoms with Gasteiger partial charge in [-0.05, 0) is 25.8 Å². The molecular formula is C6H12N3O. The number of rotatable bonds is 1. The van der Waals surface area contributed by atoms with Gasteiger partial charge >= 0.3 is 0 Å². The van der Waals surface area contributed by atoms with Gasteiger partial charge in [0.25, 0.3) is 5.91 Å². The van der Waals surface area contributed by atoms with Crippen LogP contribution in [0.3, 0.4) is 0 Å². The van der Waals surface area contributed by atoms with Gasteiger partial charge in [0.05, 0.1) is 6.04 Å². The molecule has 1 fully saturated rings. The lowest BCUT2D eigenvalue weighted by molar-refractivity contribution is -0.122. The van der Waals surface area contributed by atoms with E-state index < -0.39 is 0 Å². The van der Waals surface area contributed by atoms with Crippen molar-refractivity contribution in [2.45, 2.75) is 18.9 Å². The highest BCUT2D eigenvalue weighted by molar-refractivity contribution is 5.82. The molecule has 0 aromatic rings. The molecule has 1 radical (unpaired) electrons. The second-order valence-corrected chi connectivity index (χ2v) is 2.32. The van der Waals surface area contributed by atoms with Crippen LogP contribution in [0.2, 0.25) is 0 Å². The van der Waals surface area contributed by atoms with Crippen LogP contribution in [0.4, 0.5) is 0 Å². The monoisotopic (exact) mass is 142 g/mol. The fourth-order valence-electron chi connectivity index (χ4n) is 1.02. The fraction of sp³-hybridized carbons (Fsp3) is 0.667. The summed E-state index contributed by atoms with van der Waals surface area (Å²) in [5.41, 5.74) is 2.10. The van der Waals surface area contributed by atoms with Crippen molar-refractivity contribution in [1.82, 2.24) is 10.7 Å². The molecule has 1 saturated heterocycles. The van der Waals surface area contributed by atoms with Gasteiger partial charge in [0.1, 0.15) is 0 Å². The van der Waals surface area contributed by atoms with Crippen LogP contribution in [0.1, 0.15) is 12.8 Å². The third kappa shape index (κ3) is 1.68. The van der Waals surface area contributed by atoms with Gasteiger partial charge < -0.3 is 5.32 Å². The van der Waals surface area contributed by atoms with Crippen molar-refractivity contribution >= 4 is 5.91 Å². The molecule has 0 aliphatic carbocycles. The first-order valence-electron chi connectivity index (χ1n) is 3.42. The summed E-state index contributed by atoms with van der Waals surface area (Å²) in [5.74, 6) is 4.79. The maximum absolute atomic E-state index is 10.8. The molecule has 1 unspecified atom stereocenters. The van der Waals surface area contributed by atoms with Gasteiger partial charge in [0, 0.05) is 0 Å². The van der Waals surface area contributed by atoms with Crippen molar-refractivity contribution in [2.75, 3.05) is 6.54 Å². The van der Waals surface area contributed by atoms with E-state index in [0.717, 1.165) is 19.4 Å². The maximum Gasteiger partial charge on any atom is 0.251 e. The molecule has 1 aliphatic rings. The molecule has 0 bridgehead atoms.